The quantitative estimate of drug-likeness (QED) is 0.699. The van der Waals surface area contributed by atoms with Crippen LogP contribution < -0.4 is 0 Å². The number of aromatic nitrogens is 2. The van der Waals surface area contributed by atoms with Crippen LogP contribution in [0.5, 0.6) is 0 Å². The van der Waals surface area contributed by atoms with E-state index in [2.05, 4.69) is 23.8 Å². The van der Waals surface area contributed by atoms with Gasteiger partial charge in [0.15, 0.2) is 0 Å². The number of alkyl halides is 1. The molecule has 0 radical (unpaired) electrons. The van der Waals surface area contributed by atoms with Gasteiger partial charge in [0.25, 0.3) is 0 Å². The third-order valence-electron chi connectivity index (χ3n) is 2.10. The zero-order valence-electron chi connectivity index (χ0n) is 8.24. The highest BCUT2D eigenvalue weighted by atomic mass is 35.5. The summed E-state index contributed by atoms with van der Waals surface area (Å²) >= 11 is 6.09. The van der Waals surface area contributed by atoms with Crippen LogP contribution in [0.25, 0.3) is 0 Å². The van der Waals surface area contributed by atoms with Crippen LogP contribution in [0.4, 0.5) is 0 Å². The van der Waals surface area contributed by atoms with Crippen molar-refractivity contribution >= 4 is 11.6 Å². The molecule has 72 valence electrons. The Bertz CT molecular complexity index is 238. The maximum absolute atomic E-state index is 6.09. The highest BCUT2D eigenvalue weighted by Gasteiger charge is 2.23. The molecule has 3 heteroatoms. The van der Waals surface area contributed by atoms with Crippen molar-refractivity contribution in [3.8, 4) is 0 Å². The van der Waals surface area contributed by atoms with Gasteiger partial charge in [-0.3, -0.25) is 0 Å². The molecule has 0 saturated heterocycles. The second-order valence-corrected chi connectivity index (χ2v) is 4.24. The fourth-order valence-corrected chi connectivity index (χ4v) is 1.92. The Kier molecular flexibility index (Phi) is 3.67. The molecule has 0 spiro atoms. The summed E-state index contributed by atoms with van der Waals surface area (Å²) in [6.45, 7) is 6.27. The molecule has 0 bridgehead atoms. The van der Waals surface area contributed by atoms with E-state index in [0.717, 1.165) is 5.82 Å². The lowest BCUT2D eigenvalue weighted by atomic mass is 9.92. The van der Waals surface area contributed by atoms with Gasteiger partial charge < -0.3 is 0 Å². The largest absolute Gasteiger partial charge is 0.241 e. The third kappa shape index (κ3) is 2.66. The summed E-state index contributed by atoms with van der Waals surface area (Å²) in [6.07, 6.45) is 3.52. The van der Waals surface area contributed by atoms with Gasteiger partial charge in [-0.25, -0.2) is 9.97 Å². The van der Waals surface area contributed by atoms with Crippen molar-refractivity contribution in [1.29, 1.82) is 0 Å². The van der Waals surface area contributed by atoms with Crippen molar-refractivity contribution in [3.63, 3.8) is 0 Å². The molecule has 0 aliphatic rings. The Morgan fingerprint density at radius 2 is 1.69 bits per heavy atom. The van der Waals surface area contributed by atoms with Gasteiger partial charge in [0, 0.05) is 23.7 Å². The number of rotatable bonds is 3. The molecule has 1 heterocycles. The molecule has 2 nitrogen and oxygen atoms in total. The van der Waals surface area contributed by atoms with Crippen LogP contribution >= 0.6 is 11.6 Å². The number of halogens is 1. The Hall–Kier alpha value is -0.630. The third-order valence-corrected chi connectivity index (χ3v) is 2.37. The molecule has 1 rings (SSSR count). The Morgan fingerprint density at radius 3 is 2.08 bits per heavy atom. The number of hydrogen-bond acceptors (Lipinski definition) is 2. The van der Waals surface area contributed by atoms with Gasteiger partial charge in [0.1, 0.15) is 5.82 Å². The van der Waals surface area contributed by atoms with Crippen molar-refractivity contribution in [2.24, 2.45) is 5.92 Å². The zero-order valence-corrected chi connectivity index (χ0v) is 8.99. The van der Waals surface area contributed by atoms with E-state index in [1.165, 1.54) is 0 Å². The number of hydrogen-bond donors (Lipinski definition) is 0. The van der Waals surface area contributed by atoms with E-state index in [0.29, 0.717) is 5.92 Å². The summed E-state index contributed by atoms with van der Waals surface area (Å²) in [4.78, 5) is 8.45. The summed E-state index contributed by atoms with van der Waals surface area (Å²) in [5, 5.41) is 0.0717. The standard InChI is InChI=1S/C10H15ClN2/c1-7(2)9(8(3)11)10-12-5-4-6-13-10/h4-9H,1-3H3. The minimum atomic E-state index is 0.0717. The molecule has 0 fully saturated rings. The second kappa shape index (κ2) is 4.56. The topological polar surface area (TPSA) is 25.8 Å². The van der Waals surface area contributed by atoms with Gasteiger partial charge >= 0.3 is 0 Å². The molecule has 2 unspecified atom stereocenters. The van der Waals surface area contributed by atoms with Crippen molar-refractivity contribution in [2.45, 2.75) is 32.1 Å². The summed E-state index contributed by atoms with van der Waals surface area (Å²) in [5.41, 5.74) is 0. The first-order chi connectivity index (χ1) is 6.13. The van der Waals surface area contributed by atoms with Gasteiger partial charge in [0.05, 0.1) is 0 Å². The van der Waals surface area contributed by atoms with Gasteiger partial charge in [-0.05, 0) is 18.9 Å². The van der Waals surface area contributed by atoms with Crippen molar-refractivity contribution < 1.29 is 0 Å². The molecule has 0 saturated carbocycles. The minimum Gasteiger partial charge on any atom is -0.241 e. The first kappa shape index (κ1) is 10.5. The fraction of sp³-hybridized carbons (Fsp3) is 0.600. The molecule has 1 aromatic heterocycles. The maximum Gasteiger partial charge on any atom is 0.132 e. The van der Waals surface area contributed by atoms with Gasteiger partial charge in [-0.2, -0.15) is 0 Å². The predicted octanol–water partition coefficient (Wildman–Crippen LogP) is 2.84. The van der Waals surface area contributed by atoms with Gasteiger partial charge in [-0.15, -0.1) is 11.6 Å². The molecule has 2 atom stereocenters. The highest BCUT2D eigenvalue weighted by molar-refractivity contribution is 6.20. The zero-order chi connectivity index (χ0) is 9.84. The van der Waals surface area contributed by atoms with E-state index >= 15 is 0 Å². The van der Waals surface area contributed by atoms with E-state index in [-0.39, 0.29) is 11.3 Å². The Labute approximate surface area is 84.4 Å². The minimum absolute atomic E-state index is 0.0717. The van der Waals surface area contributed by atoms with Crippen LogP contribution in [0.15, 0.2) is 18.5 Å². The molecule has 0 amide bonds. The van der Waals surface area contributed by atoms with Crippen LogP contribution in [0.1, 0.15) is 32.5 Å². The van der Waals surface area contributed by atoms with Crippen molar-refractivity contribution in [2.75, 3.05) is 0 Å². The van der Waals surface area contributed by atoms with Crippen LogP contribution in [-0.2, 0) is 0 Å². The predicted molar refractivity (Wildman–Crippen MR) is 54.9 cm³/mol. The van der Waals surface area contributed by atoms with Gasteiger partial charge in [0.2, 0.25) is 0 Å². The van der Waals surface area contributed by atoms with E-state index in [9.17, 15) is 0 Å². The summed E-state index contributed by atoms with van der Waals surface area (Å²) in [7, 11) is 0. The van der Waals surface area contributed by atoms with Crippen LogP contribution in [0.3, 0.4) is 0 Å². The second-order valence-electron chi connectivity index (χ2n) is 3.55. The molecule has 0 aliphatic carbocycles. The molecule has 0 aromatic carbocycles. The lowest BCUT2D eigenvalue weighted by molar-refractivity contribution is 0.468. The normalized spacial score (nSPS) is 15.8. The highest BCUT2D eigenvalue weighted by Crippen LogP contribution is 2.27. The summed E-state index contributed by atoms with van der Waals surface area (Å²) < 4.78 is 0. The molecule has 13 heavy (non-hydrogen) atoms. The molecular formula is C10H15ClN2. The van der Waals surface area contributed by atoms with Gasteiger partial charge in [-0.1, -0.05) is 13.8 Å². The van der Waals surface area contributed by atoms with E-state index in [1.54, 1.807) is 12.4 Å². The summed E-state index contributed by atoms with van der Waals surface area (Å²) in [5.74, 6) is 1.55. The van der Waals surface area contributed by atoms with Crippen molar-refractivity contribution in [1.82, 2.24) is 9.97 Å². The van der Waals surface area contributed by atoms with E-state index < -0.39 is 0 Å². The monoisotopic (exact) mass is 198 g/mol. The lowest BCUT2D eigenvalue weighted by Crippen LogP contribution is -2.18. The van der Waals surface area contributed by atoms with Crippen LogP contribution in [0, 0.1) is 5.92 Å². The molecular weight excluding hydrogens is 184 g/mol. The van der Waals surface area contributed by atoms with E-state index in [4.69, 9.17) is 11.6 Å². The first-order valence-electron chi connectivity index (χ1n) is 4.54. The Balaban J connectivity index is 2.89. The Morgan fingerprint density at radius 1 is 1.15 bits per heavy atom. The number of nitrogens with zero attached hydrogens (tertiary/aromatic N) is 2. The fourth-order valence-electron chi connectivity index (χ4n) is 1.52. The summed E-state index contributed by atoms with van der Waals surface area (Å²) in [6, 6.07) is 1.82. The van der Waals surface area contributed by atoms with Crippen molar-refractivity contribution in [3.05, 3.63) is 24.3 Å². The smallest absolute Gasteiger partial charge is 0.132 e. The first-order valence-corrected chi connectivity index (χ1v) is 4.97. The molecule has 0 aliphatic heterocycles. The maximum atomic E-state index is 6.09. The molecule has 1 aromatic rings. The SMILES string of the molecule is CC(C)C(c1ncccn1)C(C)Cl. The average Bonchev–Trinajstić information content (AvgIpc) is 2.04. The van der Waals surface area contributed by atoms with E-state index in [1.807, 2.05) is 13.0 Å². The average molecular weight is 199 g/mol. The lowest BCUT2D eigenvalue weighted by Gasteiger charge is -2.21. The van der Waals surface area contributed by atoms with Crippen LogP contribution in [-0.4, -0.2) is 15.3 Å². The molecule has 0 N–H and O–H groups in total. The van der Waals surface area contributed by atoms with Crippen LogP contribution in [0.2, 0.25) is 0 Å².